The first-order valence-electron chi connectivity index (χ1n) is 5.34. The summed E-state index contributed by atoms with van der Waals surface area (Å²) >= 11 is 0. The van der Waals surface area contributed by atoms with E-state index in [0.29, 0.717) is 6.04 Å². The van der Waals surface area contributed by atoms with Gasteiger partial charge >= 0.3 is 0 Å². The molecule has 1 unspecified atom stereocenters. The van der Waals surface area contributed by atoms with Crippen LogP contribution in [0.4, 0.5) is 0 Å². The van der Waals surface area contributed by atoms with Gasteiger partial charge in [-0.1, -0.05) is 6.92 Å². The fraction of sp³-hybridized carbons (Fsp3) is 0.636. The Morgan fingerprint density at radius 2 is 2.33 bits per heavy atom. The van der Waals surface area contributed by atoms with Crippen LogP contribution in [0.1, 0.15) is 38.9 Å². The maximum atomic E-state index is 9.09. The third kappa shape index (κ3) is 3.07. The molecule has 15 heavy (non-hydrogen) atoms. The molecule has 4 nitrogen and oxygen atoms in total. The predicted octanol–water partition coefficient (Wildman–Crippen LogP) is 1.86. The van der Waals surface area contributed by atoms with Gasteiger partial charge in [0.15, 0.2) is 0 Å². The average molecular weight is 206 g/mol. The zero-order valence-corrected chi connectivity index (χ0v) is 9.57. The van der Waals surface area contributed by atoms with Crippen molar-refractivity contribution in [1.82, 2.24) is 14.9 Å². The number of imidazole rings is 1. The molecule has 0 saturated carbocycles. The highest BCUT2D eigenvalue weighted by Gasteiger charge is 2.15. The number of aromatic nitrogens is 2. The molecule has 82 valence electrons. The number of hydrogen-bond acceptors (Lipinski definition) is 3. The Morgan fingerprint density at radius 3 is 2.87 bits per heavy atom. The normalized spacial score (nSPS) is 12.7. The molecule has 0 aliphatic heterocycles. The summed E-state index contributed by atoms with van der Waals surface area (Å²) in [5.41, 5.74) is 0.952. The number of rotatable bonds is 5. The van der Waals surface area contributed by atoms with E-state index in [2.05, 4.69) is 23.3 Å². The molecular weight excluding hydrogens is 188 g/mol. The van der Waals surface area contributed by atoms with Crippen LogP contribution in [0.2, 0.25) is 0 Å². The highest BCUT2D eigenvalue weighted by molar-refractivity contribution is 5.14. The Morgan fingerprint density at radius 1 is 1.60 bits per heavy atom. The highest BCUT2D eigenvalue weighted by atomic mass is 15.1. The summed E-state index contributed by atoms with van der Waals surface area (Å²) in [6.07, 6.45) is 4.59. The van der Waals surface area contributed by atoms with Crippen molar-refractivity contribution in [1.29, 1.82) is 5.26 Å². The minimum Gasteiger partial charge on any atom is -0.332 e. The van der Waals surface area contributed by atoms with E-state index in [9.17, 15) is 0 Å². The monoisotopic (exact) mass is 206 g/mol. The Balaban J connectivity index is 2.82. The quantitative estimate of drug-likeness (QED) is 0.800. The van der Waals surface area contributed by atoms with Crippen molar-refractivity contribution in [2.75, 3.05) is 0 Å². The van der Waals surface area contributed by atoms with E-state index in [4.69, 9.17) is 5.26 Å². The van der Waals surface area contributed by atoms with Crippen molar-refractivity contribution < 1.29 is 0 Å². The van der Waals surface area contributed by atoms with Crippen LogP contribution in [0.3, 0.4) is 0 Å². The lowest BCUT2D eigenvalue weighted by Crippen LogP contribution is -2.28. The minimum atomic E-state index is -0.265. The Hall–Kier alpha value is -1.34. The van der Waals surface area contributed by atoms with Gasteiger partial charge in [0.2, 0.25) is 0 Å². The molecule has 0 aliphatic carbocycles. The van der Waals surface area contributed by atoms with Crippen LogP contribution < -0.4 is 5.32 Å². The molecular formula is C11H18N4. The van der Waals surface area contributed by atoms with Gasteiger partial charge in [0.05, 0.1) is 24.3 Å². The molecule has 1 atom stereocenters. The molecule has 4 heteroatoms. The van der Waals surface area contributed by atoms with Crippen molar-refractivity contribution in [2.45, 2.75) is 45.8 Å². The molecule has 0 saturated heterocycles. The smallest absolute Gasteiger partial charge is 0.138 e. The second-order valence-corrected chi connectivity index (χ2v) is 3.90. The fourth-order valence-corrected chi connectivity index (χ4v) is 1.52. The number of hydrogen-bond donors (Lipinski definition) is 1. The molecule has 1 aromatic heterocycles. The van der Waals surface area contributed by atoms with Crippen LogP contribution in [0.15, 0.2) is 12.5 Å². The van der Waals surface area contributed by atoms with E-state index in [-0.39, 0.29) is 6.04 Å². The zero-order chi connectivity index (χ0) is 11.3. The first kappa shape index (κ1) is 11.7. The molecule has 0 radical (unpaired) electrons. The second-order valence-electron chi connectivity index (χ2n) is 3.90. The summed E-state index contributed by atoms with van der Waals surface area (Å²) in [5.74, 6) is 0. The van der Waals surface area contributed by atoms with Gasteiger partial charge in [0.1, 0.15) is 6.04 Å². The molecule has 0 spiro atoms. The Kier molecular flexibility index (Phi) is 4.32. The lowest BCUT2D eigenvalue weighted by Gasteiger charge is -2.16. The van der Waals surface area contributed by atoms with E-state index in [1.54, 1.807) is 12.5 Å². The molecule has 0 amide bonds. The molecule has 1 heterocycles. The topological polar surface area (TPSA) is 53.6 Å². The van der Waals surface area contributed by atoms with Crippen molar-refractivity contribution in [3.63, 3.8) is 0 Å². The molecule has 1 aromatic rings. The average Bonchev–Trinajstić information content (AvgIpc) is 2.63. The number of nitriles is 1. The van der Waals surface area contributed by atoms with Gasteiger partial charge in [-0.2, -0.15) is 5.26 Å². The lowest BCUT2D eigenvalue weighted by molar-refractivity contribution is 0.512. The maximum Gasteiger partial charge on any atom is 0.138 e. The molecule has 0 aromatic carbocycles. The molecule has 0 bridgehead atoms. The molecule has 1 N–H and O–H groups in total. The first-order chi connectivity index (χ1) is 7.19. The van der Waals surface area contributed by atoms with Crippen LogP contribution in [-0.2, 0) is 6.54 Å². The van der Waals surface area contributed by atoms with Crippen LogP contribution in [-0.4, -0.2) is 15.6 Å². The highest BCUT2D eigenvalue weighted by Crippen LogP contribution is 2.12. The summed E-state index contributed by atoms with van der Waals surface area (Å²) in [4.78, 5) is 4.09. The maximum absolute atomic E-state index is 9.09. The summed E-state index contributed by atoms with van der Waals surface area (Å²) in [5, 5.41) is 12.3. The van der Waals surface area contributed by atoms with Gasteiger partial charge in [0, 0.05) is 12.6 Å². The van der Waals surface area contributed by atoms with E-state index in [0.717, 1.165) is 18.7 Å². The number of nitrogens with one attached hydrogen (secondary N) is 1. The predicted molar refractivity (Wildman–Crippen MR) is 59.1 cm³/mol. The van der Waals surface area contributed by atoms with Gasteiger partial charge in [-0.25, -0.2) is 4.98 Å². The second kappa shape index (κ2) is 5.52. The largest absolute Gasteiger partial charge is 0.332 e. The van der Waals surface area contributed by atoms with Crippen LogP contribution in [0.5, 0.6) is 0 Å². The molecule has 1 rings (SSSR count). The Bertz CT molecular complexity index is 335. The summed E-state index contributed by atoms with van der Waals surface area (Å²) < 4.78 is 2.03. The first-order valence-corrected chi connectivity index (χ1v) is 5.34. The van der Waals surface area contributed by atoms with Gasteiger partial charge < -0.3 is 4.57 Å². The zero-order valence-electron chi connectivity index (χ0n) is 9.57. The number of nitrogens with zero attached hydrogens (tertiary/aromatic N) is 3. The SMILES string of the molecule is CCCn1cncc1C(C#N)NC(C)C. The van der Waals surface area contributed by atoms with Gasteiger partial charge in [0.25, 0.3) is 0 Å². The Labute approximate surface area is 90.9 Å². The van der Waals surface area contributed by atoms with Gasteiger partial charge in [-0.3, -0.25) is 5.32 Å². The van der Waals surface area contributed by atoms with Crippen molar-refractivity contribution in [3.8, 4) is 6.07 Å². The van der Waals surface area contributed by atoms with Crippen LogP contribution >= 0.6 is 0 Å². The van der Waals surface area contributed by atoms with E-state index in [1.807, 2.05) is 18.4 Å². The van der Waals surface area contributed by atoms with Crippen LogP contribution in [0, 0.1) is 11.3 Å². The molecule has 0 fully saturated rings. The standard InChI is InChI=1S/C11H18N4/c1-4-5-15-8-13-7-11(15)10(6-12)14-9(2)3/h7-10,14H,4-5H2,1-3H3. The third-order valence-electron chi connectivity index (χ3n) is 2.13. The van der Waals surface area contributed by atoms with Crippen molar-refractivity contribution >= 4 is 0 Å². The minimum absolute atomic E-state index is 0.265. The third-order valence-corrected chi connectivity index (χ3v) is 2.13. The van der Waals surface area contributed by atoms with E-state index < -0.39 is 0 Å². The van der Waals surface area contributed by atoms with E-state index in [1.165, 1.54) is 0 Å². The molecule has 0 aliphatic rings. The lowest BCUT2D eigenvalue weighted by atomic mass is 10.2. The summed E-state index contributed by atoms with van der Waals surface area (Å²) in [6.45, 7) is 7.09. The number of aryl methyl sites for hydroxylation is 1. The van der Waals surface area contributed by atoms with Crippen molar-refractivity contribution in [2.24, 2.45) is 0 Å². The van der Waals surface area contributed by atoms with Crippen LogP contribution in [0.25, 0.3) is 0 Å². The van der Waals surface area contributed by atoms with E-state index >= 15 is 0 Å². The summed E-state index contributed by atoms with van der Waals surface area (Å²) in [6, 6.07) is 2.29. The van der Waals surface area contributed by atoms with Crippen molar-refractivity contribution in [3.05, 3.63) is 18.2 Å². The summed E-state index contributed by atoms with van der Waals surface area (Å²) in [7, 11) is 0. The van der Waals surface area contributed by atoms with Gasteiger partial charge in [-0.15, -0.1) is 0 Å². The fourth-order valence-electron chi connectivity index (χ4n) is 1.52. The van der Waals surface area contributed by atoms with Gasteiger partial charge in [-0.05, 0) is 20.3 Å².